The van der Waals surface area contributed by atoms with Gasteiger partial charge in [0.25, 0.3) is 0 Å². The molecule has 10 nitrogen and oxygen atoms in total. The number of carboxylic acids is 1. The zero-order valence-electron chi connectivity index (χ0n) is 17.5. The zero-order chi connectivity index (χ0) is 23.7. The minimum atomic E-state index is -4.14. The van der Waals surface area contributed by atoms with Crippen molar-refractivity contribution in [3.63, 3.8) is 0 Å². The summed E-state index contributed by atoms with van der Waals surface area (Å²) in [4.78, 5) is 23.0. The van der Waals surface area contributed by atoms with E-state index >= 15 is 0 Å². The first-order valence-corrected chi connectivity index (χ1v) is 11.3. The third-order valence-electron chi connectivity index (χ3n) is 4.39. The summed E-state index contributed by atoms with van der Waals surface area (Å²) < 4.78 is 32.6. The van der Waals surface area contributed by atoms with E-state index < -0.39 is 22.0 Å². The van der Waals surface area contributed by atoms with E-state index in [1.54, 1.807) is 30.3 Å². The first kappa shape index (κ1) is 24.8. The molecule has 6 N–H and O–H groups in total. The molecule has 0 radical (unpaired) electrons. The second-order valence-electron chi connectivity index (χ2n) is 6.97. The van der Waals surface area contributed by atoms with E-state index in [9.17, 15) is 18.0 Å². The average molecular weight is 463 g/mol. The number of para-hydroxylation sites is 1. The molecule has 0 fully saturated rings. The molecule has 0 aliphatic heterocycles. The van der Waals surface area contributed by atoms with Crippen molar-refractivity contribution in [3.05, 3.63) is 54.1 Å². The number of nitrogen functional groups attached to an aromatic ring is 1. The Balaban J connectivity index is 1.84. The fourth-order valence-electron chi connectivity index (χ4n) is 2.67. The lowest BCUT2D eigenvalue weighted by Crippen LogP contribution is -2.38. The van der Waals surface area contributed by atoms with Gasteiger partial charge < -0.3 is 20.9 Å². The normalized spacial score (nSPS) is 12.0. The van der Waals surface area contributed by atoms with Gasteiger partial charge in [-0.05, 0) is 56.2 Å². The number of amidine groups is 1. The number of ether oxygens (including phenoxy) is 1. The van der Waals surface area contributed by atoms with Crippen molar-refractivity contribution in [2.24, 2.45) is 5.73 Å². The Hall–Kier alpha value is -3.44. The summed E-state index contributed by atoms with van der Waals surface area (Å²) in [6, 6.07) is 11.2. The molecular formula is C21H26N4O6S. The number of sulfonamides is 1. The molecule has 2 rings (SSSR count). The monoisotopic (exact) mass is 462 g/mol. The maximum absolute atomic E-state index is 12.5. The van der Waals surface area contributed by atoms with Crippen molar-refractivity contribution in [3.8, 4) is 5.75 Å². The van der Waals surface area contributed by atoms with Gasteiger partial charge in [0.1, 0.15) is 22.5 Å². The van der Waals surface area contributed by atoms with Crippen molar-refractivity contribution in [1.82, 2.24) is 4.72 Å². The topological polar surface area (TPSA) is 172 Å². The van der Waals surface area contributed by atoms with Crippen molar-refractivity contribution in [1.29, 1.82) is 5.41 Å². The minimum absolute atomic E-state index is 0.0240. The predicted octanol–water partition coefficient (Wildman–Crippen LogP) is 1.91. The molecule has 1 atom stereocenters. The largest absolute Gasteiger partial charge is 0.494 e. The number of carbonyl (C=O) groups is 2. The van der Waals surface area contributed by atoms with Crippen LogP contribution in [-0.4, -0.2) is 43.9 Å². The maximum atomic E-state index is 12.5. The Bertz CT molecular complexity index is 1070. The van der Waals surface area contributed by atoms with Crippen LogP contribution in [0.4, 0.5) is 5.69 Å². The number of anilines is 1. The molecule has 0 bridgehead atoms. The third kappa shape index (κ3) is 7.36. The first-order chi connectivity index (χ1) is 15.1. The van der Waals surface area contributed by atoms with Crippen LogP contribution in [0.25, 0.3) is 0 Å². The Kier molecular flexibility index (Phi) is 8.73. The average Bonchev–Trinajstić information content (AvgIpc) is 2.73. The Morgan fingerprint density at radius 1 is 1.12 bits per heavy atom. The van der Waals surface area contributed by atoms with Crippen LogP contribution in [0.15, 0.2) is 53.4 Å². The van der Waals surface area contributed by atoms with Crippen molar-refractivity contribution in [2.75, 3.05) is 11.9 Å². The Morgan fingerprint density at radius 3 is 2.41 bits per heavy atom. The molecule has 0 aromatic heterocycles. The molecule has 0 saturated carbocycles. The number of unbranched alkanes of at least 4 members (excludes halogenated alkanes) is 1. The van der Waals surface area contributed by atoms with E-state index in [0.29, 0.717) is 30.8 Å². The van der Waals surface area contributed by atoms with E-state index in [0.717, 1.165) is 0 Å². The molecule has 0 unspecified atom stereocenters. The van der Waals surface area contributed by atoms with Crippen molar-refractivity contribution >= 4 is 33.4 Å². The highest BCUT2D eigenvalue weighted by molar-refractivity contribution is 7.89. The van der Waals surface area contributed by atoms with Crippen LogP contribution in [0.3, 0.4) is 0 Å². The molecule has 172 valence electrons. The molecule has 32 heavy (non-hydrogen) atoms. The maximum Gasteiger partial charge on any atom is 0.321 e. The quantitative estimate of drug-likeness (QED) is 0.182. The second-order valence-corrected chi connectivity index (χ2v) is 8.65. The highest BCUT2D eigenvalue weighted by atomic mass is 32.2. The summed E-state index contributed by atoms with van der Waals surface area (Å²) in [5, 5.41) is 18.9. The standard InChI is InChI=1S/C21H26N4O6S/c1-14(21(27)28)25-32(29,30)18-7-3-2-6-17(18)24-19(26)8-4-5-13-31-16-11-9-15(10-12-16)20(22)23/h2-3,6-7,9-12,14,25H,4-5,8,13H2,1H3,(H3,22,23)(H,24,26)(H,27,28)/t14-/m0/s1. The van der Waals surface area contributed by atoms with Gasteiger partial charge in [-0.1, -0.05) is 12.1 Å². The highest BCUT2D eigenvalue weighted by Crippen LogP contribution is 2.21. The molecule has 0 spiro atoms. The van der Waals surface area contributed by atoms with Crippen molar-refractivity contribution in [2.45, 2.75) is 37.1 Å². The van der Waals surface area contributed by atoms with Gasteiger partial charge in [0.05, 0.1) is 12.3 Å². The molecule has 0 aliphatic carbocycles. The second kappa shape index (κ2) is 11.3. The predicted molar refractivity (Wildman–Crippen MR) is 119 cm³/mol. The number of benzene rings is 2. The summed E-state index contributed by atoms with van der Waals surface area (Å²) in [7, 11) is -4.14. The first-order valence-electron chi connectivity index (χ1n) is 9.81. The highest BCUT2D eigenvalue weighted by Gasteiger charge is 2.24. The lowest BCUT2D eigenvalue weighted by atomic mass is 10.2. The zero-order valence-corrected chi connectivity index (χ0v) is 18.3. The lowest BCUT2D eigenvalue weighted by molar-refractivity contribution is -0.138. The molecule has 1 amide bonds. The number of nitrogens with one attached hydrogen (secondary N) is 3. The van der Waals surface area contributed by atoms with Gasteiger partial charge in [0.2, 0.25) is 15.9 Å². The summed E-state index contributed by atoms with van der Waals surface area (Å²) in [6.07, 6.45) is 1.26. The summed E-state index contributed by atoms with van der Waals surface area (Å²) in [6.45, 7) is 1.59. The van der Waals surface area contributed by atoms with E-state index in [1.807, 2.05) is 0 Å². The van der Waals surface area contributed by atoms with Crippen LogP contribution in [-0.2, 0) is 19.6 Å². The van der Waals surface area contributed by atoms with Crippen LogP contribution < -0.4 is 20.5 Å². The molecule has 2 aromatic rings. The van der Waals surface area contributed by atoms with Gasteiger partial charge in [0, 0.05) is 12.0 Å². The van der Waals surface area contributed by atoms with Crippen LogP contribution in [0.1, 0.15) is 31.7 Å². The van der Waals surface area contributed by atoms with Gasteiger partial charge >= 0.3 is 5.97 Å². The smallest absolute Gasteiger partial charge is 0.321 e. The van der Waals surface area contributed by atoms with Crippen LogP contribution in [0.2, 0.25) is 0 Å². The number of hydrogen-bond acceptors (Lipinski definition) is 6. The summed E-state index contributed by atoms with van der Waals surface area (Å²) in [5.41, 5.74) is 6.07. The minimum Gasteiger partial charge on any atom is -0.494 e. The molecule has 0 saturated heterocycles. The van der Waals surface area contributed by atoms with Gasteiger partial charge in [-0.15, -0.1) is 0 Å². The van der Waals surface area contributed by atoms with Crippen LogP contribution in [0.5, 0.6) is 5.75 Å². The van der Waals surface area contributed by atoms with Gasteiger partial charge in [-0.25, -0.2) is 8.42 Å². The number of carbonyl (C=O) groups excluding carboxylic acids is 1. The number of nitrogens with two attached hydrogens (primary N) is 1. The molecule has 11 heteroatoms. The molecule has 0 heterocycles. The number of hydrogen-bond donors (Lipinski definition) is 5. The fourth-order valence-corrected chi connectivity index (χ4v) is 4.03. The fraction of sp³-hybridized carbons (Fsp3) is 0.286. The van der Waals surface area contributed by atoms with E-state index in [1.165, 1.54) is 25.1 Å². The number of carboxylic acid groups (broad SMARTS) is 1. The third-order valence-corrected chi connectivity index (χ3v) is 5.98. The van der Waals surface area contributed by atoms with Crippen molar-refractivity contribution < 1.29 is 27.9 Å². The Labute approximate surface area is 186 Å². The van der Waals surface area contributed by atoms with Gasteiger partial charge in [-0.2, -0.15) is 4.72 Å². The van der Waals surface area contributed by atoms with E-state index in [4.69, 9.17) is 21.0 Å². The molecular weight excluding hydrogens is 436 g/mol. The van der Waals surface area contributed by atoms with Gasteiger partial charge in [0.15, 0.2) is 0 Å². The molecule has 2 aromatic carbocycles. The number of aliphatic carboxylic acids is 1. The van der Waals surface area contributed by atoms with Gasteiger partial charge in [-0.3, -0.25) is 15.0 Å². The number of amides is 1. The SMILES string of the molecule is C[C@H](NS(=O)(=O)c1ccccc1NC(=O)CCCCOc1ccc(C(=N)N)cc1)C(=O)O. The number of rotatable bonds is 12. The Morgan fingerprint density at radius 2 is 1.78 bits per heavy atom. The summed E-state index contributed by atoms with van der Waals surface area (Å²) in [5.74, 6) is -1.08. The summed E-state index contributed by atoms with van der Waals surface area (Å²) >= 11 is 0. The van der Waals surface area contributed by atoms with E-state index in [2.05, 4.69) is 10.0 Å². The van der Waals surface area contributed by atoms with Crippen LogP contribution >= 0.6 is 0 Å². The molecule has 0 aliphatic rings. The van der Waals surface area contributed by atoms with E-state index in [-0.39, 0.29) is 28.7 Å². The lowest BCUT2D eigenvalue weighted by Gasteiger charge is -2.14. The van der Waals surface area contributed by atoms with Crippen LogP contribution in [0, 0.1) is 5.41 Å².